The molecule has 0 radical (unpaired) electrons. The van der Waals surface area contributed by atoms with Gasteiger partial charge in [-0.3, -0.25) is 4.79 Å². The molecule has 0 aromatic carbocycles. The third-order valence-corrected chi connectivity index (χ3v) is 2.36. The van der Waals surface area contributed by atoms with Gasteiger partial charge in [-0.25, -0.2) is 4.98 Å². The average Bonchev–Trinajstić information content (AvgIpc) is 2.28. The van der Waals surface area contributed by atoms with Crippen LogP contribution < -0.4 is 5.32 Å². The van der Waals surface area contributed by atoms with Crippen LogP contribution in [-0.4, -0.2) is 28.6 Å². The van der Waals surface area contributed by atoms with Gasteiger partial charge in [0.25, 0.3) is 5.91 Å². The van der Waals surface area contributed by atoms with E-state index in [1.807, 2.05) is 19.9 Å². The molecule has 4 heteroatoms. The van der Waals surface area contributed by atoms with Gasteiger partial charge in [0.1, 0.15) is 5.69 Å². The van der Waals surface area contributed by atoms with E-state index < -0.39 is 0 Å². The van der Waals surface area contributed by atoms with Crippen LogP contribution in [-0.2, 0) is 0 Å². The van der Waals surface area contributed by atoms with Gasteiger partial charge in [-0.15, -0.1) is 0 Å². The molecule has 1 heterocycles. The Balaban J connectivity index is 2.41. The Morgan fingerprint density at radius 2 is 2.31 bits per heavy atom. The number of amides is 1. The molecule has 1 unspecified atom stereocenters. The van der Waals surface area contributed by atoms with Gasteiger partial charge < -0.3 is 10.4 Å². The number of carbonyl (C=O) groups excluding carboxylic acids is 1. The van der Waals surface area contributed by atoms with Gasteiger partial charge in [-0.1, -0.05) is 13.0 Å². The number of rotatable bonds is 5. The SMILES string of the molecule is CCC(O)CCNC(=O)c1cccc(C)n1. The van der Waals surface area contributed by atoms with Crippen LogP contribution in [0.5, 0.6) is 0 Å². The Morgan fingerprint density at radius 1 is 1.56 bits per heavy atom. The number of aromatic nitrogens is 1. The molecule has 1 atom stereocenters. The van der Waals surface area contributed by atoms with Crippen LogP contribution in [0.1, 0.15) is 35.9 Å². The zero-order valence-corrected chi connectivity index (χ0v) is 9.73. The van der Waals surface area contributed by atoms with E-state index >= 15 is 0 Å². The highest BCUT2D eigenvalue weighted by Crippen LogP contribution is 1.99. The van der Waals surface area contributed by atoms with Crippen LogP contribution in [0.15, 0.2) is 18.2 Å². The highest BCUT2D eigenvalue weighted by molar-refractivity contribution is 5.92. The Morgan fingerprint density at radius 3 is 2.94 bits per heavy atom. The first-order valence-corrected chi connectivity index (χ1v) is 5.53. The molecule has 1 aromatic rings. The highest BCUT2D eigenvalue weighted by atomic mass is 16.3. The first-order chi connectivity index (χ1) is 7.63. The number of aliphatic hydroxyl groups is 1. The molecule has 0 aliphatic rings. The van der Waals surface area contributed by atoms with Gasteiger partial charge in [-0.2, -0.15) is 0 Å². The molecule has 0 saturated heterocycles. The molecular weight excluding hydrogens is 204 g/mol. The van der Waals surface area contributed by atoms with E-state index in [1.165, 1.54) is 0 Å². The van der Waals surface area contributed by atoms with Crippen molar-refractivity contribution in [2.24, 2.45) is 0 Å². The number of aryl methyl sites for hydroxylation is 1. The smallest absolute Gasteiger partial charge is 0.269 e. The van der Waals surface area contributed by atoms with Crippen molar-refractivity contribution in [3.8, 4) is 0 Å². The van der Waals surface area contributed by atoms with Crippen LogP contribution in [0, 0.1) is 6.92 Å². The number of aliphatic hydroxyl groups excluding tert-OH is 1. The highest BCUT2D eigenvalue weighted by Gasteiger charge is 2.07. The second kappa shape index (κ2) is 6.23. The van der Waals surface area contributed by atoms with Crippen LogP contribution in [0.25, 0.3) is 0 Å². The lowest BCUT2D eigenvalue weighted by atomic mass is 10.2. The molecule has 16 heavy (non-hydrogen) atoms. The third kappa shape index (κ3) is 3.98. The summed E-state index contributed by atoms with van der Waals surface area (Å²) in [5.74, 6) is -0.188. The van der Waals surface area contributed by atoms with E-state index in [0.717, 1.165) is 5.69 Å². The summed E-state index contributed by atoms with van der Waals surface area (Å²) in [7, 11) is 0. The first kappa shape index (κ1) is 12.6. The van der Waals surface area contributed by atoms with Crippen molar-refractivity contribution in [2.45, 2.75) is 32.8 Å². The molecule has 0 aliphatic carbocycles. The maximum Gasteiger partial charge on any atom is 0.269 e. The molecule has 0 saturated carbocycles. The Bertz CT molecular complexity index is 353. The number of pyridine rings is 1. The summed E-state index contributed by atoms with van der Waals surface area (Å²) in [5.41, 5.74) is 1.24. The Kier molecular flexibility index (Phi) is 4.92. The number of hydrogen-bond donors (Lipinski definition) is 2. The number of hydrogen-bond acceptors (Lipinski definition) is 3. The van der Waals surface area contributed by atoms with Crippen LogP contribution >= 0.6 is 0 Å². The molecule has 1 aromatic heterocycles. The van der Waals surface area contributed by atoms with E-state index in [4.69, 9.17) is 0 Å². The van der Waals surface area contributed by atoms with Crippen molar-refractivity contribution in [3.05, 3.63) is 29.6 Å². The van der Waals surface area contributed by atoms with Crippen LogP contribution in [0.4, 0.5) is 0 Å². The molecule has 4 nitrogen and oxygen atoms in total. The number of nitrogens with zero attached hydrogens (tertiary/aromatic N) is 1. The second-order valence-electron chi connectivity index (χ2n) is 3.77. The second-order valence-corrected chi connectivity index (χ2v) is 3.77. The zero-order chi connectivity index (χ0) is 12.0. The largest absolute Gasteiger partial charge is 0.393 e. The van der Waals surface area contributed by atoms with Crippen molar-refractivity contribution < 1.29 is 9.90 Å². The van der Waals surface area contributed by atoms with Crippen LogP contribution in [0.3, 0.4) is 0 Å². The van der Waals surface area contributed by atoms with Crippen molar-refractivity contribution >= 4 is 5.91 Å². The molecule has 0 fully saturated rings. The number of carbonyl (C=O) groups is 1. The van der Waals surface area contributed by atoms with E-state index in [0.29, 0.717) is 25.1 Å². The fourth-order valence-electron chi connectivity index (χ4n) is 1.32. The molecule has 0 aliphatic heterocycles. The molecule has 0 bridgehead atoms. The van der Waals surface area contributed by atoms with Crippen molar-refractivity contribution in [1.29, 1.82) is 0 Å². The van der Waals surface area contributed by atoms with Gasteiger partial charge in [0.2, 0.25) is 0 Å². The van der Waals surface area contributed by atoms with Crippen molar-refractivity contribution in [2.75, 3.05) is 6.54 Å². The minimum absolute atomic E-state index is 0.188. The monoisotopic (exact) mass is 222 g/mol. The molecule has 2 N–H and O–H groups in total. The average molecular weight is 222 g/mol. The van der Waals surface area contributed by atoms with E-state index in [-0.39, 0.29) is 12.0 Å². The topological polar surface area (TPSA) is 62.2 Å². The molecule has 0 spiro atoms. The number of nitrogens with one attached hydrogen (secondary N) is 1. The van der Waals surface area contributed by atoms with Crippen molar-refractivity contribution in [1.82, 2.24) is 10.3 Å². The third-order valence-electron chi connectivity index (χ3n) is 2.36. The summed E-state index contributed by atoms with van der Waals surface area (Å²) in [6.45, 7) is 4.23. The zero-order valence-electron chi connectivity index (χ0n) is 9.73. The van der Waals surface area contributed by atoms with Gasteiger partial charge in [0.15, 0.2) is 0 Å². The van der Waals surface area contributed by atoms with Gasteiger partial charge in [0.05, 0.1) is 6.10 Å². The van der Waals surface area contributed by atoms with Crippen LogP contribution in [0.2, 0.25) is 0 Å². The predicted molar refractivity (Wildman–Crippen MR) is 62.2 cm³/mol. The minimum Gasteiger partial charge on any atom is -0.393 e. The van der Waals surface area contributed by atoms with E-state index in [9.17, 15) is 9.90 Å². The van der Waals surface area contributed by atoms with Gasteiger partial charge >= 0.3 is 0 Å². The minimum atomic E-state index is -0.342. The molecule has 1 rings (SSSR count). The van der Waals surface area contributed by atoms with E-state index in [2.05, 4.69) is 10.3 Å². The standard InChI is InChI=1S/C12H18N2O2/c1-3-10(15)7-8-13-12(16)11-6-4-5-9(2)14-11/h4-6,10,15H,3,7-8H2,1-2H3,(H,13,16). The quantitative estimate of drug-likeness (QED) is 0.789. The van der Waals surface area contributed by atoms with Gasteiger partial charge in [-0.05, 0) is 31.9 Å². The summed E-state index contributed by atoms with van der Waals surface area (Å²) in [6.07, 6.45) is 0.942. The summed E-state index contributed by atoms with van der Waals surface area (Å²) in [6, 6.07) is 5.33. The van der Waals surface area contributed by atoms with Crippen molar-refractivity contribution in [3.63, 3.8) is 0 Å². The lowest BCUT2D eigenvalue weighted by molar-refractivity contribution is 0.0937. The first-order valence-electron chi connectivity index (χ1n) is 5.53. The fourth-order valence-corrected chi connectivity index (χ4v) is 1.32. The Labute approximate surface area is 95.7 Å². The van der Waals surface area contributed by atoms with E-state index in [1.54, 1.807) is 12.1 Å². The molecule has 1 amide bonds. The summed E-state index contributed by atoms with van der Waals surface area (Å²) < 4.78 is 0. The summed E-state index contributed by atoms with van der Waals surface area (Å²) in [5, 5.41) is 12.0. The maximum absolute atomic E-state index is 11.6. The molecule has 88 valence electrons. The molecular formula is C12H18N2O2. The van der Waals surface area contributed by atoms with Gasteiger partial charge in [0, 0.05) is 12.2 Å². The Hall–Kier alpha value is -1.42. The summed E-state index contributed by atoms with van der Waals surface area (Å²) in [4.78, 5) is 15.7. The maximum atomic E-state index is 11.6. The lowest BCUT2D eigenvalue weighted by Gasteiger charge is -2.08. The lowest BCUT2D eigenvalue weighted by Crippen LogP contribution is -2.27. The summed E-state index contributed by atoms with van der Waals surface area (Å²) >= 11 is 0. The predicted octanol–water partition coefficient (Wildman–Crippen LogP) is 1.28. The normalized spacial score (nSPS) is 12.2. The fraction of sp³-hybridized carbons (Fsp3) is 0.500.